The first-order chi connectivity index (χ1) is 9.83. The molecular formula is C18H16O2. The molecule has 2 aromatic carbocycles. The van der Waals surface area contributed by atoms with Gasteiger partial charge in [0.15, 0.2) is 5.78 Å². The van der Waals surface area contributed by atoms with Crippen LogP contribution in [-0.2, 0) is 16.0 Å². The minimum Gasteiger partial charge on any atom is -0.365 e. The lowest BCUT2D eigenvalue weighted by molar-refractivity contribution is -0.133. The number of Topliss-reactive ketones (excluding diaryl/α,β-unsaturated/α-hetero) is 1. The van der Waals surface area contributed by atoms with Crippen molar-refractivity contribution in [2.24, 2.45) is 0 Å². The first-order valence-electron chi connectivity index (χ1n) is 7.12. The third kappa shape index (κ3) is 1.80. The Hall–Kier alpha value is -1.93. The highest BCUT2D eigenvalue weighted by Crippen LogP contribution is 2.45. The van der Waals surface area contributed by atoms with Gasteiger partial charge in [0.2, 0.25) is 0 Å². The molecule has 2 aliphatic rings. The molecule has 0 N–H and O–H groups in total. The van der Waals surface area contributed by atoms with Gasteiger partial charge in [-0.05, 0) is 28.7 Å². The second-order valence-corrected chi connectivity index (χ2v) is 5.66. The van der Waals surface area contributed by atoms with Crippen LogP contribution in [0.5, 0.6) is 0 Å². The van der Waals surface area contributed by atoms with E-state index in [1.165, 1.54) is 22.3 Å². The van der Waals surface area contributed by atoms with Gasteiger partial charge in [0, 0.05) is 12.3 Å². The summed E-state index contributed by atoms with van der Waals surface area (Å²) < 4.78 is 5.91. The molecule has 0 radical (unpaired) electrons. The molecule has 2 aromatic rings. The van der Waals surface area contributed by atoms with Gasteiger partial charge in [-0.15, -0.1) is 0 Å². The van der Waals surface area contributed by atoms with Crippen LogP contribution < -0.4 is 0 Å². The molecule has 2 nitrogen and oxygen atoms in total. The van der Waals surface area contributed by atoms with Crippen molar-refractivity contribution in [1.82, 2.24) is 0 Å². The Morgan fingerprint density at radius 1 is 0.900 bits per heavy atom. The van der Waals surface area contributed by atoms with Crippen LogP contribution in [0.1, 0.15) is 40.7 Å². The fraction of sp³-hybridized carbons (Fsp3) is 0.278. The second kappa shape index (κ2) is 4.57. The normalized spacial score (nSPS) is 24.3. The van der Waals surface area contributed by atoms with Crippen LogP contribution in [0.4, 0.5) is 0 Å². The first kappa shape index (κ1) is 11.9. The van der Waals surface area contributed by atoms with Gasteiger partial charge in [-0.25, -0.2) is 0 Å². The van der Waals surface area contributed by atoms with Gasteiger partial charge in [0.05, 0.1) is 6.10 Å². The van der Waals surface area contributed by atoms with Crippen LogP contribution in [-0.4, -0.2) is 12.4 Å². The zero-order valence-electron chi connectivity index (χ0n) is 11.2. The third-order valence-corrected chi connectivity index (χ3v) is 4.43. The standard InChI is InChI=1S/C18H16O2/c19-14-10-17-15-7-3-1-5-12(15)9-13-6-2-4-8-16(13)18(17)20-11-14/h1-8,17-18H,9-11H2/t17-,18-/m1/s1. The molecule has 1 aliphatic heterocycles. The molecule has 0 spiro atoms. The molecule has 0 amide bonds. The number of rotatable bonds is 0. The summed E-state index contributed by atoms with van der Waals surface area (Å²) in [5.74, 6) is 0.372. The topological polar surface area (TPSA) is 26.3 Å². The Labute approximate surface area is 118 Å². The average Bonchev–Trinajstić information content (AvgIpc) is 2.61. The Morgan fingerprint density at radius 3 is 2.35 bits per heavy atom. The SMILES string of the molecule is O=C1CO[C@@H]2c3ccccc3Cc3ccccc3[C@H]2C1. The van der Waals surface area contributed by atoms with Crippen molar-refractivity contribution in [2.75, 3.05) is 6.61 Å². The summed E-state index contributed by atoms with van der Waals surface area (Å²) in [4.78, 5) is 11.8. The summed E-state index contributed by atoms with van der Waals surface area (Å²) in [6.45, 7) is 0.248. The number of carbonyl (C=O) groups is 1. The predicted molar refractivity (Wildman–Crippen MR) is 76.7 cm³/mol. The van der Waals surface area contributed by atoms with Crippen molar-refractivity contribution < 1.29 is 9.53 Å². The van der Waals surface area contributed by atoms with Crippen LogP contribution in [0.15, 0.2) is 48.5 Å². The second-order valence-electron chi connectivity index (χ2n) is 5.66. The average molecular weight is 264 g/mol. The van der Waals surface area contributed by atoms with Gasteiger partial charge in [0.1, 0.15) is 6.61 Å². The van der Waals surface area contributed by atoms with Gasteiger partial charge in [-0.3, -0.25) is 4.79 Å². The molecule has 0 aromatic heterocycles. The molecule has 1 heterocycles. The highest BCUT2D eigenvalue weighted by molar-refractivity contribution is 5.81. The van der Waals surface area contributed by atoms with Crippen LogP contribution >= 0.6 is 0 Å². The maximum Gasteiger partial charge on any atom is 0.159 e. The van der Waals surface area contributed by atoms with Crippen molar-refractivity contribution in [1.29, 1.82) is 0 Å². The van der Waals surface area contributed by atoms with E-state index < -0.39 is 0 Å². The minimum atomic E-state index is 0.0209. The first-order valence-corrected chi connectivity index (χ1v) is 7.12. The third-order valence-electron chi connectivity index (χ3n) is 4.43. The Morgan fingerprint density at radius 2 is 1.55 bits per heavy atom. The summed E-state index contributed by atoms with van der Waals surface area (Å²) in [5, 5.41) is 0. The summed E-state index contributed by atoms with van der Waals surface area (Å²) in [6, 6.07) is 16.9. The molecule has 2 atom stereocenters. The smallest absolute Gasteiger partial charge is 0.159 e. The lowest BCUT2D eigenvalue weighted by Crippen LogP contribution is -2.27. The highest BCUT2D eigenvalue weighted by Gasteiger charge is 2.36. The largest absolute Gasteiger partial charge is 0.365 e. The lowest BCUT2D eigenvalue weighted by atomic mass is 9.83. The zero-order chi connectivity index (χ0) is 13.5. The Kier molecular flexibility index (Phi) is 2.71. The number of carbonyl (C=O) groups excluding carboxylic acids is 1. The van der Waals surface area contributed by atoms with Crippen LogP contribution in [0.3, 0.4) is 0 Å². The summed E-state index contributed by atoms with van der Waals surface area (Å²) in [7, 11) is 0. The van der Waals surface area contributed by atoms with Gasteiger partial charge in [-0.2, -0.15) is 0 Å². The summed E-state index contributed by atoms with van der Waals surface area (Å²) >= 11 is 0. The molecule has 1 fully saturated rings. The molecule has 1 aliphatic carbocycles. The summed E-state index contributed by atoms with van der Waals surface area (Å²) in [6.07, 6.45) is 1.54. The number of hydrogen-bond donors (Lipinski definition) is 0. The minimum absolute atomic E-state index is 0.0209. The van der Waals surface area contributed by atoms with Gasteiger partial charge in [0.25, 0.3) is 0 Å². The quantitative estimate of drug-likeness (QED) is 0.729. The van der Waals surface area contributed by atoms with E-state index in [0.717, 1.165) is 6.42 Å². The highest BCUT2D eigenvalue weighted by atomic mass is 16.5. The van der Waals surface area contributed by atoms with E-state index in [1.807, 2.05) is 0 Å². The number of benzene rings is 2. The molecule has 2 heteroatoms. The van der Waals surface area contributed by atoms with E-state index in [9.17, 15) is 4.79 Å². The van der Waals surface area contributed by atoms with E-state index in [2.05, 4.69) is 48.5 Å². The van der Waals surface area contributed by atoms with Crippen molar-refractivity contribution >= 4 is 5.78 Å². The number of fused-ring (bicyclic) bond motifs is 5. The van der Waals surface area contributed by atoms with E-state index in [0.29, 0.717) is 6.42 Å². The number of ether oxygens (including phenoxy) is 1. The lowest BCUT2D eigenvalue weighted by Gasteiger charge is -2.31. The molecule has 1 saturated heterocycles. The van der Waals surface area contributed by atoms with Crippen LogP contribution in [0, 0.1) is 0 Å². The van der Waals surface area contributed by atoms with Crippen molar-refractivity contribution in [3.05, 3.63) is 70.8 Å². The van der Waals surface area contributed by atoms with Gasteiger partial charge >= 0.3 is 0 Å². The van der Waals surface area contributed by atoms with Crippen molar-refractivity contribution in [2.45, 2.75) is 24.9 Å². The van der Waals surface area contributed by atoms with E-state index >= 15 is 0 Å². The van der Waals surface area contributed by atoms with E-state index in [1.54, 1.807) is 0 Å². The van der Waals surface area contributed by atoms with Crippen molar-refractivity contribution in [3.63, 3.8) is 0 Å². The van der Waals surface area contributed by atoms with Gasteiger partial charge in [-0.1, -0.05) is 48.5 Å². The Bertz CT molecular complexity index is 675. The molecule has 100 valence electrons. The maximum atomic E-state index is 11.8. The van der Waals surface area contributed by atoms with Crippen LogP contribution in [0.25, 0.3) is 0 Å². The van der Waals surface area contributed by atoms with E-state index in [-0.39, 0.29) is 24.4 Å². The molecular weight excluding hydrogens is 248 g/mol. The number of hydrogen-bond acceptors (Lipinski definition) is 2. The zero-order valence-corrected chi connectivity index (χ0v) is 11.2. The van der Waals surface area contributed by atoms with Gasteiger partial charge < -0.3 is 4.74 Å². The fourth-order valence-corrected chi connectivity index (χ4v) is 3.52. The molecule has 0 saturated carbocycles. The molecule has 4 rings (SSSR count). The van der Waals surface area contributed by atoms with Crippen molar-refractivity contribution in [3.8, 4) is 0 Å². The molecule has 0 unspecified atom stereocenters. The molecule has 20 heavy (non-hydrogen) atoms. The molecule has 0 bridgehead atoms. The Balaban J connectivity index is 1.92. The predicted octanol–water partition coefficient (Wildman–Crippen LogP) is 3.41. The van der Waals surface area contributed by atoms with Crippen LogP contribution in [0.2, 0.25) is 0 Å². The number of ketones is 1. The summed E-state index contributed by atoms with van der Waals surface area (Å²) in [5.41, 5.74) is 5.18. The van der Waals surface area contributed by atoms with E-state index in [4.69, 9.17) is 4.74 Å². The maximum absolute atomic E-state index is 11.8. The fourth-order valence-electron chi connectivity index (χ4n) is 3.52. The monoisotopic (exact) mass is 264 g/mol.